The second-order valence-electron chi connectivity index (χ2n) is 8.20. The first-order chi connectivity index (χ1) is 16.7. The number of rotatable bonds is 6. The summed E-state index contributed by atoms with van der Waals surface area (Å²) < 4.78 is 17.0. The van der Waals surface area contributed by atoms with Gasteiger partial charge in [0.25, 0.3) is 0 Å². The number of hydrogen-bond donors (Lipinski definition) is 1. The number of anilines is 2. The summed E-state index contributed by atoms with van der Waals surface area (Å²) in [6.07, 6.45) is 11.2. The van der Waals surface area contributed by atoms with E-state index >= 15 is 0 Å². The Bertz CT molecular complexity index is 1620. The Morgan fingerprint density at radius 3 is 2.76 bits per heavy atom. The van der Waals surface area contributed by atoms with E-state index in [-0.39, 0.29) is 0 Å². The number of aromatic amines is 1. The van der Waals surface area contributed by atoms with E-state index in [1.807, 2.05) is 25.5 Å². The maximum atomic E-state index is 5.42. The molecule has 0 atom stereocenters. The monoisotopic (exact) mass is 452 g/mol. The molecule has 8 nitrogen and oxygen atoms in total. The van der Waals surface area contributed by atoms with E-state index in [1.54, 1.807) is 6.26 Å². The number of oxazole rings is 1. The molecule has 4 heterocycles. The maximum absolute atomic E-state index is 5.42. The molecular weight excluding hydrogens is 428 g/mol. The highest BCUT2D eigenvalue weighted by Gasteiger charge is 2.24. The molecule has 6 rings (SSSR count). The van der Waals surface area contributed by atoms with Gasteiger partial charge in [0.05, 0.1) is 5.69 Å². The molecule has 6 aromatic rings. The van der Waals surface area contributed by atoms with Crippen molar-refractivity contribution in [2.75, 3.05) is 11.4 Å². The van der Waals surface area contributed by atoms with Crippen LogP contribution in [0.2, 0.25) is 0 Å². The van der Waals surface area contributed by atoms with Gasteiger partial charge < -0.3 is 13.7 Å². The minimum Gasteiger partial charge on any atom is -0.432 e. The zero-order valence-corrected chi connectivity index (χ0v) is 18.9. The Kier molecular flexibility index (Phi) is 4.76. The van der Waals surface area contributed by atoms with Gasteiger partial charge in [0, 0.05) is 23.5 Å². The largest absolute Gasteiger partial charge is 0.432 e. The normalized spacial score (nSPS) is 11.8. The minimum absolute atomic E-state index is 0.441. The first kappa shape index (κ1) is 20.0. The summed E-state index contributed by atoms with van der Waals surface area (Å²) in [4.78, 5) is 9.88. The Balaban J connectivity index is 1.37. The number of H-pyrrole nitrogens is 1. The van der Waals surface area contributed by atoms with Crippen LogP contribution in [0.1, 0.15) is 5.56 Å². The quantitative estimate of drug-likeness (QED) is 0.385. The lowest BCUT2D eigenvalue weighted by Gasteiger charge is -2.24. The molecule has 2 aromatic carbocycles. The van der Waals surface area contributed by atoms with Gasteiger partial charge >= 0.3 is 23.4 Å². The summed E-state index contributed by atoms with van der Waals surface area (Å²) in [5, 5.41) is 0. The number of hydrogen-bond acceptors (Lipinski definition) is 4. The fourth-order valence-electron chi connectivity index (χ4n) is 4.39. The van der Waals surface area contributed by atoms with Crippen LogP contribution in [-0.2, 0) is 14.1 Å². The fraction of sp³-hybridized carbons (Fsp3) is 0.115. The van der Waals surface area contributed by atoms with Crippen molar-refractivity contribution in [2.24, 2.45) is 14.1 Å². The number of benzene rings is 2. The van der Waals surface area contributed by atoms with E-state index in [1.165, 1.54) is 6.39 Å². The van der Waals surface area contributed by atoms with E-state index in [4.69, 9.17) is 8.83 Å². The molecule has 0 unspecified atom stereocenters. The molecule has 0 saturated heterocycles. The highest BCUT2D eigenvalue weighted by Crippen LogP contribution is 2.28. The van der Waals surface area contributed by atoms with E-state index in [2.05, 4.69) is 96.6 Å². The fourth-order valence-corrected chi connectivity index (χ4v) is 4.39. The zero-order chi connectivity index (χ0) is 23.1. The lowest BCUT2D eigenvalue weighted by Crippen LogP contribution is -2.38. The van der Waals surface area contributed by atoms with Crippen molar-refractivity contribution in [3.8, 4) is 5.69 Å². The molecule has 34 heavy (non-hydrogen) atoms. The highest BCUT2D eigenvalue weighted by molar-refractivity contribution is 5.79. The Hall–Kier alpha value is -4.59. The standard InChI is InChI=1S/C26H23N6O2/c1-29-16-27-24-25(29)30(2)18-32(24)22-12-6-11-21(14-22)31(20-9-4-3-5-10-20)13-7-8-19-15-33-26-23(19)28-17-34-26/h3-12,14-18H,13H2,1-2H3/q+1/p+1. The molecule has 0 fully saturated rings. The van der Waals surface area contributed by atoms with E-state index < -0.39 is 0 Å². The number of furan rings is 1. The van der Waals surface area contributed by atoms with Gasteiger partial charge in [0.2, 0.25) is 6.33 Å². The van der Waals surface area contributed by atoms with Crippen molar-refractivity contribution >= 4 is 40.0 Å². The van der Waals surface area contributed by atoms with Crippen LogP contribution in [0.5, 0.6) is 0 Å². The van der Waals surface area contributed by atoms with Gasteiger partial charge in [-0.05, 0) is 30.3 Å². The van der Waals surface area contributed by atoms with E-state index in [9.17, 15) is 0 Å². The third kappa shape index (κ3) is 3.36. The van der Waals surface area contributed by atoms with Crippen LogP contribution in [0.4, 0.5) is 11.4 Å². The first-order valence-electron chi connectivity index (χ1n) is 11.0. The maximum Gasteiger partial charge on any atom is 0.416 e. The van der Waals surface area contributed by atoms with Gasteiger partial charge in [0.1, 0.15) is 20.4 Å². The molecule has 0 aliphatic rings. The molecule has 168 valence electrons. The van der Waals surface area contributed by atoms with Crippen molar-refractivity contribution in [1.82, 2.24) is 14.5 Å². The van der Waals surface area contributed by atoms with Crippen LogP contribution in [-0.4, -0.2) is 21.1 Å². The number of aromatic nitrogens is 5. The molecule has 0 amide bonds. The predicted molar refractivity (Wildman–Crippen MR) is 129 cm³/mol. The van der Waals surface area contributed by atoms with E-state index in [0.717, 1.165) is 39.4 Å². The van der Waals surface area contributed by atoms with Crippen molar-refractivity contribution in [3.63, 3.8) is 0 Å². The topological polar surface area (TPSA) is 70.9 Å². The Morgan fingerprint density at radius 1 is 1.03 bits per heavy atom. The second kappa shape index (κ2) is 8.08. The number of para-hydroxylation sites is 1. The van der Waals surface area contributed by atoms with Crippen LogP contribution in [0.3, 0.4) is 0 Å². The van der Waals surface area contributed by atoms with Crippen LogP contribution in [0.15, 0.2) is 94.8 Å². The molecule has 0 aliphatic heterocycles. The molecule has 0 saturated carbocycles. The summed E-state index contributed by atoms with van der Waals surface area (Å²) in [5.41, 5.74) is 7.07. The lowest BCUT2D eigenvalue weighted by atomic mass is 10.2. The van der Waals surface area contributed by atoms with Crippen molar-refractivity contribution in [3.05, 3.63) is 91.5 Å². The first-order valence-corrected chi connectivity index (χ1v) is 11.0. The molecular formula is C26H24N6O2+2. The Morgan fingerprint density at radius 2 is 1.88 bits per heavy atom. The van der Waals surface area contributed by atoms with Crippen LogP contribution in [0, 0.1) is 0 Å². The van der Waals surface area contributed by atoms with Crippen LogP contribution < -0.4 is 14.0 Å². The second-order valence-corrected chi connectivity index (χ2v) is 8.20. The third-order valence-electron chi connectivity index (χ3n) is 5.98. The molecule has 1 N–H and O–H groups in total. The van der Waals surface area contributed by atoms with Crippen molar-refractivity contribution < 1.29 is 18.0 Å². The average molecular weight is 453 g/mol. The minimum atomic E-state index is 0.441. The lowest BCUT2D eigenvalue weighted by molar-refractivity contribution is -0.752. The molecule has 0 spiro atoms. The predicted octanol–water partition coefficient (Wildman–Crippen LogP) is 4.19. The summed E-state index contributed by atoms with van der Waals surface area (Å²) in [5.74, 6) is 0.441. The van der Waals surface area contributed by atoms with Gasteiger partial charge in [-0.15, -0.1) is 0 Å². The van der Waals surface area contributed by atoms with Gasteiger partial charge in [-0.1, -0.05) is 36.4 Å². The summed E-state index contributed by atoms with van der Waals surface area (Å²) in [7, 11) is 4.09. The number of imidazole rings is 2. The number of nitrogens with zero attached hydrogens (tertiary/aromatic N) is 5. The molecule has 4 aromatic heterocycles. The summed E-state index contributed by atoms with van der Waals surface area (Å²) >= 11 is 0. The highest BCUT2D eigenvalue weighted by atomic mass is 16.5. The molecule has 0 radical (unpaired) electrons. The van der Waals surface area contributed by atoms with Crippen molar-refractivity contribution in [1.29, 1.82) is 0 Å². The summed E-state index contributed by atoms with van der Waals surface area (Å²) in [6.45, 7) is 0.671. The third-order valence-corrected chi connectivity index (χ3v) is 5.98. The number of nitrogens with one attached hydrogen (secondary N) is 1. The van der Waals surface area contributed by atoms with Gasteiger partial charge in [-0.2, -0.15) is 14.1 Å². The van der Waals surface area contributed by atoms with Crippen molar-refractivity contribution in [2.45, 2.75) is 0 Å². The van der Waals surface area contributed by atoms with Crippen LogP contribution in [0.25, 0.3) is 34.4 Å². The van der Waals surface area contributed by atoms with Gasteiger partial charge in [0.15, 0.2) is 11.9 Å². The SMILES string of the molecule is C[n+]1c[nH]c2c1[n+](C)cn2-c1cccc(N(CC=Cc2coc3ocnc23)c2ccccc2)c1. The average Bonchev–Trinajstić information content (AvgIpc) is 3.63. The summed E-state index contributed by atoms with van der Waals surface area (Å²) in [6, 6.07) is 18.9. The smallest absolute Gasteiger partial charge is 0.416 e. The zero-order valence-electron chi connectivity index (χ0n) is 18.9. The van der Waals surface area contributed by atoms with Crippen LogP contribution >= 0.6 is 0 Å². The molecule has 0 aliphatic carbocycles. The van der Waals surface area contributed by atoms with Gasteiger partial charge in [-0.3, -0.25) is 0 Å². The van der Waals surface area contributed by atoms with E-state index in [0.29, 0.717) is 12.3 Å². The molecule has 0 bridgehead atoms. The molecule has 8 heteroatoms. The Labute approximate surface area is 195 Å². The van der Waals surface area contributed by atoms with Gasteiger partial charge in [-0.25, -0.2) is 9.55 Å². The number of fused-ring (bicyclic) bond motifs is 2. The number of aryl methyl sites for hydroxylation is 2.